The average Bonchev–Trinajstić information content (AvgIpc) is 2.64. The van der Waals surface area contributed by atoms with Crippen molar-refractivity contribution in [2.24, 2.45) is 5.92 Å². The van der Waals surface area contributed by atoms with Crippen molar-refractivity contribution in [1.82, 2.24) is 9.88 Å². The van der Waals surface area contributed by atoms with E-state index in [0.29, 0.717) is 13.2 Å². The number of amides is 1. The largest absolute Gasteiger partial charge is 0.408 e. The fourth-order valence-corrected chi connectivity index (χ4v) is 4.65. The van der Waals surface area contributed by atoms with Gasteiger partial charge in [-0.25, -0.2) is 0 Å². The van der Waals surface area contributed by atoms with Gasteiger partial charge in [0.15, 0.2) is 8.32 Å². The van der Waals surface area contributed by atoms with Gasteiger partial charge in [-0.05, 0) is 30.1 Å². The number of carbonyl (C=O) groups excluding carboxylic acids is 1. The van der Waals surface area contributed by atoms with Gasteiger partial charge in [-0.15, -0.1) is 0 Å². The highest BCUT2D eigenvalue weighted by Gasteiger charge is 2.42. The van der Waals surface area contributed by atoms with Gasteiger partial charge in [0.2, 0.25) is 6.41 Å². The van der Waals surface area contributed by atoms with Crippen molar-refractivity contribution in [3.05, 3.63) is 29.6 Å². The van der Waals surface area contributed by atoms with Gasteiger partial charge in [-0.3, -0.25) is 9.78 Å². The van der Waals surface area contributed by atoms with E-state index in [1.807, 2.05) is 12.1 Å². The number of carbonyl (C=O) groups is 1. The first-order valence-corrected chi connectivity index (χ1v) is 13.0. The standard InChI is InChI=1S/C21H36N2O4Si/c1-15(2)19(27-28(6,7)21(3,4)5)18-16(9-8-10-22-18)20-17(13-24)23(14-25)11-12-26-20/h8-10,14-15,17,19-20,24H,11-13H2,1-7H3. The summed E-state index contributed by atoms with van der Waals surface area (Å²) in [7, 11) is -2.03. The second kappa shape index (κ2) is 9.03. The van der Waals surface area contributed by atoms with Gasteiger partial charge in [-0.2, -0.15) is 0 Å². The summed E-state index contributed by atoms with van der Waals surface area (Å²) in [6, 6.07) is 3.43. The molecular weight excluding hydrogens is 372 g/mol. The molecule has 1 aliphatic rings. The van der Waals surface area contributed by atoms with Gasteiger partial charge in [0.25, 0.3) is 0 Å². The lowest BCUT2D eigenvalue weighted by atomic mass is 9.93. The van der Waals surface area contributed by atoms with Crippen LogP contribution in [0.1, 0.15) is 58.1 Å². The smallest absolute Gasteiger partial charge is 0.210 e. The van der Waals surface area contributed by atoms with Crippen LogP contribution in [0.25, 0.3) is 0 Å². The Morgan fingerprint density at radius 2 is 2.11 bits per heavy atom. The molecule has 0 radical (unpaired) electrons. The Kier molecular flexibility index (Phi) is 7.42. The van der Waals surface area contributed by atoms with Crippen molar-refractivity contribution in [2.75, 3.05) is 19.8 Å². The topological polar surface area (TPSA) is 71.9 Å². The zero-order valence-electron chi connectivity index (χ0n) is 18.3. The summed E-state index contributed by atoms with van der Waals surface area (Å²) in [4.78, 5) is 17.8. The van der Waals surface area contributed by atoms with Gasteiger partial charge < -0.3 is 19.2 Å². The molecule has 28 heavy (non-hydrogen) atoms. The quantitative estimate of drug-likeness (QED) is 0.550. The normalized spacial score (nSPS) is 22.4. The van der Waals surface area contributed by atoms with Crippen LogP contribution in [0.2, 0.25) is 18.1 Å². The number of nitrogens with zero attached hydrogens (tertiary/aromatic N) is 2. The Balaban J connectivity index is 2.46. The van der Waals surface area contributed by atoms with Crippen LogP contribution < -0.4 is 0 Å². The van der Waals surface area contributed by atoms with Crippen LogP contribution in [0.4, 0.5) is 0 Å². The molecule has 158 valence electrons. The minimum absolute atomic E-state index is 0.0817. The number of hydrogen-bond donors (Lipinski definition) is 1. The van der Waals surface area contributed by atoms with Crippen molar-refractivity contribution < 1.29 is 19.1 Å². The molecule has 2 heterocycles. The van der Waals surface area contributed by atoms with Crippen molar-refractivity contribution in [3.8, 4) is 0 Å². The zero-order chi connectivity index (χ0) is 21.1. The number of ether oxygens (including phenoxy) is 1. The van der Waals surface area contributed by atoms with Gasteiger partial charge in [0.1, 0.15) is 6.10 Å². The highest BCUT2D eigenvalue weighted by molar-refractivity contribution is 6.74. The third-order valence-corrected chi connectivity index (χ3v) is 10.5. The first-order chi connectivity index (χ1) is 13.0. The molecule has 1 aromatic heterocycles. The lowest BCUT2D eigenvalue weighted by molar-refractivity contribution is -0.137. The Hall–Kier alpha value is -1.28. The summed E-state index contributed by atoms with van der Waals surface area (Å²) in [6.07, 6.45) is 1.97. The van der Waals surface area contributed by atoms with E-state index in [9.17, 15) is 9.90 Å². The lowest BCUT2D eigenvalue weighted by Crippen LogP contribution is -2.49. The Morgan fingerprint density at radius 1 is 1.43 bits per heavy atom. The number of aliphatic hydroxyl groups excluding tert-OH is 1. The molecule has 1 fully saturated rings. The molecule has 0 aliphatic carbocycles. The van der Waals surface area contributed by atoms with E-state index in [1.165, 1.54) is 0 Å². The SMILES string of the molecule is CC(C)C(O[Si](C)(C)C(C)(C)C)c1ncccc1C1OCCN(C=O)C1CO. The van der Waals surface area contributed by atoms with E-state index >= 15 is 0 Å². The number of aromatic nitrogens is 1. The molecule has 1 N–H and O–H groups in total. The molecule has 0 aromatic carbocycles. The number of hydrogen-bond acceptors (Lipinski definition) is 5. The van der Waals surface area contributed by atoms with E-state index in [-0.39, 0.29) is 23.7 Å². The van der Waals surface area contributed by atoms with Crippen molar-refractivity contribution in [1.29, 1.82) is 0 Å². The summed E-state index contributed by atoms with van der Waals surface area (Å²) in [5.74, 6) is 0.223. The fourth-order valence-electron chi connectivity index (χ4n) is 3.27. The van der Waals surface area contributed by atoms with E-state index in [0.717, 1.165) is 17.7 Å². The highest BCUT2D eigenvalue weighted by atomic mass is 28.4. The number of pyridine rings is 1. The number of aliphatic hydroxyl groups is 1. The molecule has 1 amide bonds. The van der Waals surface area contributed by atoms with Crippen LogP contribution in [-0.4, -0.2) is 55.5 Å². The highest BCUT2D eigenvalue weighted by Crippen LogP contribution is 2.43. The Labute approximate surface area is 170 Å². The molecule has 6 nitrogen and oxygen atoms in total. The third-order valence-electron chi connectivity index (χ3n) is 6.03. The van der Waals surface area contributed by atoms with E-state index in [2.05, 4.69) is 47.7 Å². The molecule has 2 rings (SSSR count). The van der Waals surface area contributed by atoms with Crippen molar-refractivity contribution >= 4 is 14.7 Å². The summed E-state index contributed by atoms with van der Waals surface area (Å²) in [6.45, 7) is 16.2. The molecule has 0 saturated carbocycles. The minimum atomic E-state index is -2.03. The van der Waals surface area contributed by atoms with Gasteiger partial charge >= 0.3 is 0 Å². The minimum Gasteiger partial charge on any atom is -0.408 e. The molecule has 7 heteroatoms. The van der Waals surface area contributed by atoms with Crippen LogP contribution >= 0.6 is 0 Å². The average molecular weight is 409 g/mol. The second-order valence-electron chi connectivity index (χ2n) is 9.41. The zero-order valence-corrected chi connectivity index (χ0v) is 19.3. The molecule has 3 atom stereocenters. The summed E-state index contributed by atoms with van der Waals surface area (Å²) in [5.41, 5.74) is 1.74. The predicted octanol–water partition coefficient (Wildman–Crippen LogP) is 3.69. The second-order valence-corrected chi connectivity index (χ2v) is 14.2. The number of rotatable bonds is 7. The molecule has 1 aromatic rings. The summed E-state index contributed by atoms with van der Waals surface area (Å²) < 4.78 is 12.8. The van der Waals surface area contributed by atoms with E-state index in [1.54, 1.807) is 11.1 Å². The molecule has 1 aliphatic heterocycles. The predicted molar refractivity (Wildman–Crippen MR) is 112 cm³/mol. The molecule has 3 unspecified atom stereocenters. The van der Waals surface area contributed by atoms with E-state index < -0.39 is 20.5 Å². The monoisotopic (exact) mass is 408 g/mol. The summed E-state index contributed by atoms with van der Waals surface area (Å²) in [5, 5.41) is 10.0. The number of morpholine rings is 1. The molecule has 0 spiro atoms. The Bertz CT molecular complexity index is 660. The maximum absolute atomic E-state index is 11.5. The Morgan fingerprint density at radius 3 is 2.64 bits per heavy atom. The van der Waals surface area contributed by atoms with Crippen LogP contribution in [0, 0.1) is 5.92 Å². The molecular formula is C21H36N2O4Si. The van der Waals surface area contributed by atoms with Crippen LogP contribution in [-0.2, 0) is 14.0 Å². The lowest BCUT2D eigenvalue weighted by Gasteiger charge is -2.42. The maximum atomic E-state index is 11.5. The van der Waals surface area contributed by atoms with Crippen LogP contribution in [0.3, 0.4) is 0 Å². The third kappa shape index (κ3) is 4.82. The first kappa shape index (κ1) is 23.0. The van der Waals surface area contributed by atoms with Crippen molar-refractivity contribution in [2.45, 2.75) is 71.0 Å². The fraction of sp³-hybridized carbons (Fsp3) is 0.714. The van der Waals surface area contributed by atoms with Gasteiger partial charge in [0.05, 0.1) is 31.1 Å². The van der Waals surface area contributed by atoms with Crippen LogP contribution in [0.5, 0.6) is 0 Å². The van der Waals surface area contributed by atoms with E-state index in [4.69, 9.17) is 14.1 Å². The van der Waals surface area contributed by atoms with Crippen LogP contribution in [0.15, 0.2) is 18.3 Å². The van der Waals surface area contributed by atoms with Gasteiger partial charge in [0, 0.05) is 18.3 Å². The maximum Gasteiger partial charge on any atom is 0.210 e. The molecule has 1 saturated heterocycles. The first-order valence-electron chi connectivity index (χ1n) is 10.1. The van der Waals surface area contributed by atoms with Gasteiger partial charge in [-0.1, -0.05) is 40.7 Å². The van der Waals surface area contributed by atoms with Crippen molar-refractivity contribution in [3.63, 3.8) is 0 Å². The molecule has 0 bridgehead atoms. The summed E-state index contributed by atoms with van der Waals surface area (Å²) >= 11 is 0.